The van der Waals surface area contributed by atoms with Crippen molar-refractivity contribution < 1.29 is 18.8 Å². The van der Waals surface area contributed by atoms with E-state index in [1.807, 2.05) is 59.5 Å². The molecule has 1 fully saturated rings. The first-order valence-electron chi connectivity index (χ1n) is 11.1. The van der Waals surface area contributed by atoms with E-state index in [-0.39, 0.29) is 18.6 Å². The van der Waals surface area contributed by atoms with E-state index in [4.69, 9.17) is 14.0 Å². The second kappa shape index (κ2) is 8.20. The fourth-order valence-corrected chi connectivity index (χ4v) is 4.41. The molecule has 166 valence electrons. The number of nitrogens with zero attached hydrogens (tertiary/aromatic N) is 4. The van der Waals surface area contributed by atoms with Gasteiger partial charge in [0, 0.05) is 24.4 Å². The van der Waals surface area contributed by atoms with Crippen LogP contribution in [0.2, 0.25) is 0 Å². The summed E-state index contributed by atoms with van der Waals surface area (Å²) in [4.78, 5) is 24.0. The summed E-state index contributed by atoms with van der Waals surface area (Å²) >= 11 is 0. The van der Waals surface area contributed by atoms with Gasteiger partial charge in [-0.2, -0.15) is 4.98 Å². The molecular formula is C25H22N4O4. The normalized spacial score (nSPS) is 15.8. The van der Waals surface area contributed by atoms with Crippen molar-refractivity contribution in [3.63, 3.8) is 0 Å². The third kappa shape index (κ3) is 3.88. The summed E-state index contributed by atoms with van der Waals surface area (Å²) in [7, 11) is 0. The number of ether oxygens (including phenoxy) is 2. The van der Waals surface area contributed by atoms with Gasteiger partial charge in [0.15, 0.2) is 11.5 Å². The Kier molecular flexibility index (Phi) is 4.90. The minimum atomic E-state index is 0.110. The molecule has 8 nitrogen and oxygen atoms in total. The van der Waals surface area contributed by atoms with Crippen LogP contribution in [-0.4, -0.2) is 45.8 Å². The number of rotatable bonds is 4. The second-order valence-corrected chi connectivity index (χ2v) is 8.36. The molecule has 33 heavy (non-hydrogen) atoms. The van der Waals surface area contributed by atoms with Crippen molar-refractivity contribution >= 4 is 16.8 Å². The molecule has 0 saturated carbocycles. The fourth-order valence-electron chi connectivity index (χ4n) is 4.41. The Morgan fingerprint density at radius 2 is 1.82 bits per heavy atom. The van der Waals surface area contributed by atoms with Gasteiger partial charge in [-0.3, -0.25) is 4.79 Å². The van der Waals surface area contributed by atoms with Gasteiger partial charge in [-0.25, -0.2) is 4.98 Å². The van der Waals surface area contributed by atoms with Crippen LogP contribution in [0.3, 0.4) is 0 Å². The van der Waals surface area contributed by atoms with Gasteiger partial charge in [0.1, 0.15) is 5.69 Å². The number of pyridine rings is 1. The van der Waals surface area contributed by atoms with Gasteiger partial charge in [-0.15, -0.1) is 0 Å². The lowest BCUT2D eigenvalue weighted by molar-refractivity contribution is -0.131. The second-order valence-electron chi connectivity index (χ2n) is 8.36. The van der Waals surface area contributed by atoms with Gasteiger partial charge in [0.25, 0.3) is 0 Å². The molecule has 0 radical (unpaired) electrons. The first kappa shape index (κ1) is 19.7. The quantitative estimate of drug-likeness (QED) is 0.472. The van der Waals surface area contributed by atoms with Gasteiger partial charge < -0.3 is 18.9 Å². The molecule has 0 atom stereocenters. The fraction of sp³-hybridized carbons (Fsp3) is 0.280. The Labute approximate surface area is 190 Å². The maximum absolute atomic E-state index is 12.8. The number of hydrogen-bond donors (Lipinski definition) is 0. The summed E-state index contributed by atoms with van der Waals surface area (Å²) in [5.74, 6) is 2.79. The van der Waals surface area contributed by atoms with Crippen LogP contribution in [0.4, 0.5) is 0 Å². The van der Waals surface area contributed by atoms with E-state index in [9.17, 15) is 4.79 Å². The zero-order valence-corrected chi connectivity index (χ0v) is 17.9. The SMILES string of the molecule is O=C(Cc1ccc2c(c1)OCO2)N1CCC(c2nc(-c3ccc4ccccc4n3)no2)CC1. The number of amides is 1. The smallest absolute Gasteiger partial charge is 0.231 e. The molecule has 2 aromatic carbocycles. The highest BCUT2D eigenvalue weighted by Crippen LogP contribution is 2.33. The number of carbonyl (C=O) groups is 1. The first-order valence-corrected chi connectivity index (χ1v) is 11.1. The number of likely N-dealkylation sites (tertiary alicyclic amines) is 1. The Morgan fingerprint density at radius 1 is 0.970 bits per heavy atom. The van der Waals surface area contributed by atoms with Crippen molar-refractivity contribution in [3.05, 3.63) is 66.1 Å². The predicted molar refractivity (Wildman–Crippen MR) is 120 cm³/mol. The molecule has 2 aliphatic heterocycles. The average Bonchev–Trinajstić information content (AvgIpc) is 3.53. The van der Waals surface area contributed by atoms with Crippen LogP contribution in [0.15, 0.2) is 59.1 Å². The summed E-state index contributed by atoms with van der Waals surface area (Å²) in [6, 6.07) is 17.5. The molecule has 2 aromatic heterocycles. The zero-order chi connectivity index (χ0) is 22.2. The van der Waals surface area contributed by atoms with Crippen LogP contribution in [0.5, 0.6) is 11.5 Å². The maximum Gasteiger partial charge on any atom is 0.231 e. The summed E-state index contributed by atoms with van der Waals surface area (Å²) in [5.41, 5.74) is 2.52. The van der Waals surface area contributed by atoms with E-state index < -0.39 is 0 Å². The van der Waals surface area contributed by atoms with Gasteiger partial charge in [-0.1, -0.05) is 35.5 Å². The highest BCUT2D eigenvalue weighted by Gasteiger charge is 2.28. The van der Waals surface area contributed by atoms with Gasteiger partial charge in [-0.05, 0) is 42.7 Å². The Balaban J connectivity index is 1.09. The molecular weight excluding hydrogens is 420 g/mol. The van der Waals surface area contributed by atoms with E-state index in [1.54, 1.807) is 0 Å². The molecule has 2 aliphatic rings. The first-order chi connectivity index (χ1) is 16.2. The molecule has 4 heterocycles. The van der Waals surface area contributed by atoms with Crippen molar-refractivity contribution in [3.8, 4) is 23.0 Å². The standard InChI is InChI=1S/C25H22N4O4/c30-23(14-16-5-8-21-22(13-16)32-15-31-21)29-11-9-18(10-12-29)25-27-24(28-33-25)20-7-6-17-3-1-2-4-19(17)26-20/h1-8,13,18H,9-12,14-15H2. The molecule has 0 bridgehead atoms. The van der Waals surface area contributed by atoms with Crippen LogP contribution in [0, 0.1) is 0 Å². The lowest BCUT2D eigenvalue weighted by Crippen LogP contribution is -2.38. The largest absolute Gasteiger partial charge is 0.454 e. The summed E-state index contributed by atoms with van der Waals surface area (Å²) in [6.07, 6.45) is 1.93. The Hall–Kier alpha value is -3.94. The summed E-state index contributed by atoms with van der Waals surface area (Å²) in [5, 5.41) is 5.23. The highest BCUT2D eigenvalue weighted by atomic mass is 16.7. The number of aromatic nitrogens is 3. The maximum atomic E-state index is 12.8. The third-order valence-corrected chi connectivity index (χ3v) is 6.26. The van der Waals surface area contributed by atoms with Gasteiger partial charge in [0.2, 0.25) is 24.4 Å². The molecule has 4 aromatic rings. The highest BCUT2D eigenvalue weighted by molar-refractivity contribution is 5.80. The van der Waals surface area contributed by atoms with E-state index in [0.29, 0.717) is 42.7 Å². The zero-order valence-electron chi connectivity index (χ0n) is 17.9. The molecule has 0 aliphatic carbocycles. The predicted octanol–water partition coefficient (Wildman–Crippen LogP) is 3.96. The average molecular weight is 442 g/mol. The van der Waals surface area contributed by atoms with Crippen molar-refractivity contribution in [2.75, 3.05) is 19.9 Å². The summed E-state index contributed by atoms with van der Waals surface area (Å²) in [6.45, 7) is 1.56. The van der Waals surface area contributed by atoms with E-state index >= 15 is 0 Å². The van der Waals surface area contributed by atoms with E-state index in [2.05, 4.69) is 15.1 Å². The Morgan fingerprint density at radius 3 is 2.73 bits per heavy atom. The number of carbonyl (C=O) groups excluding carboxylic acids is 1. The van der Waals surface area contributed by atoms with Crippen molar-refractivity contribution in [1.29, 1.82) is 0 Å². The Bertz CT molecular complexity index is 1330. The van der Waals surface area contributed by atoms with E-state index in [0.717, 1.165) is 35.1 Å². The lowest BCUT2D eigenvalue weighted by Gasteiger charge is -2.30. The molecule has 0 N–H and O–H groups in total. The molecule has 6 rings (SSSR count). The number of fused-ring (bicyclic) bond motifs is 2. The number of hydrogen-bond acceptors (Lipinski definition) is 7. The molecule has 0 unspecified atom stereocenters. The van der Waals surface area contributed by atoms with Crippen molar-refractivity contribution in [2.24, 2.45) is 0 Å². The van der Waals surface area contributed by atoms with Gasteiger partial charge >= 0.3 is 0 Å². The number of benzene rings is 2. The molecule has 8 heteroatoms. The lowest BCUT2D eigenvalue weighted by atomic mass is 9.96. The van der Waals surface area contributed by atoms with E-state index in [1.165, 1.54) is 0 Å². The minimum Gasteiger partial charge on any atom is -0.454 e. The number of para-hydroxylation sites is 1. The minimum absolute atomic E-state index is 0.110. The van der Waals surface area contributed by atoms with Crippen LogP contribution in [0.1, 0.15) is 30.2 Å². The molecule has 0 spiro atoms. The molecule has 1 amide bonds. The third-order valence-electron chi connectivity index (χ3n) is 6.26. The van der Waals surface area contributed by atoms with Crippen LogP contribution >= 0.6 is 0 Å². The topological polar surface area (TPSA) is 90.6 Å². The van der Waals surface area contributed by atoms with Crippen LogP contribution < -0.4 is 9.47 Å². The van der Waals surface area contributed by atoms with Crippen LogP contribution in [0.25, 0.3) is 22.4 Å². The van der Waals surface area contributed by atoms with Gasteiger partial charge in [0.05, 0.1) is 11.9 Å². The van der Waals surface area contributed by atoms with Crippen molar-refractivity contribution in [2.45, 2.75) is 25.2 Å². The number of piperidine rings is 1. The van der Waals surface area contributed by atoms with Crippen molar-refractivity contribution in [1.82, 2.24) is 20.0 Å². The summed E-state index contributed by atoms with van der Waals surface area (Å²) < 4.78 is 16.3. The molecule has 1 saturated heterocycles. The monoisotopic (exact) mass is 442 g/mol. The van der Waals surface area contributed by atoms with Crippen LogP contribution in [-0.2, 0) is 11.2 Å².